The van der Waals surface area contributed by atoms with Crippen molar-refractivity contribution in [2.45, 2.75) is 12.5 Å². The molecule has 1 amide bonds. The van der Waals surface area contributed by atoms with Gasteiger partial charge in [-0.1, -0.05) is 42.5 Å². The lowest BCUT2D eigenvalue weighted by Crippen LogP contribution is -2.27. The fourth-order valence-electron chi connectivity index (χ4n) is 1.97. The zero-order valence-electron chi connectivity index (χ0n) is 11.3. The molecule has 0 bridgehead atoms. The lowest BCUT2D eigenvalue weighted by atomic mass is 10.1. The number of carbonyl (C=O) groups excluding carboxylic acids is 1. The molecule has 2 aromatic rings. The van der Waals surface area contributed by atoms with Crippen LogP contribution in [0.5, 0.6) is 0 Å². The van der Waals surface area contributed by atoms with Gasteiger partial charge in [0.1, 0.15) is 6.04 Å². The zero-order valence-corrected chi connectivity index (χ0v) is 11.3. The van der Waals surface area contributed by atoms with Gasteiger partial charge in [0.05, 0.1) is 6.42 Å². The highest BCUT2D eigenvalue weighted by atomic mass is 16.4. The highest BCUT2D eigenvalue weighted by Crippen LogP contribution is 2.15. The van der Waals surface area contributed by atoms with Gasteiger partial charge in [0.25, 0.3) is 0 Å². The number of nitrogens with one attached hydrogen (secondary N) is 1. The number of nitrogens with two attached hydrogens (primary N) is 1. The Morgan fingerprint density at radius 3 is 2.48 bits per heavy atom. The molecule has 0 heterocycles. The predicted molar refractivity (Wildman–Crippen MR) is 79.8 cm³/mol. The number of hydrogen-bond acceptors (Lipinski definition) is 3. The molecule has 2 rings (SSSR count). The number of carbonyl (C=O) groups is 2. The maximum absolute atomic E-state index is 12.1. The molecular formula is C16H16N2O3. The minimum atomic E-state index is -0.917. The van der Waals surface area contributed by atoms with E-state index in [9.17, 15) is 9.59 Å². The normalized spacial score (nSPS) is 11.7. The smallest absolute Gasteiger partial charge is 0.307 e. The van der Waals surface area contributed by atoms with Crippen LogP contribution in [0.3, 0.4) is 0 Å². The highest BCUT2D eigenvalue weighted by molar-refractivity contribution is 5.95. The number of carboxylic acids is 1. The Balaban J connectivity index is 2.07. The molecule has 0 saturated heterocycles. The van der Waals surface area contributed by atoms with Gasteiger partial charge in [-0.05, 0) is 23.3 Å². The van der Waals surface area contributed by atoms with Crippen molar-refractivity contribution in [2.75, 3.05) is 5.32 Å². The number of benzene rings is 2. The van der Waals surface area contributed by atoms with Crippen LogP contribution < -0.4 is 11.1 Å². The fourth-order valence-corrected chi connectivity index (χ4v) is 1.97. The van der Waals surface area contributed by atoms with E-state index in [1.807, 2.05) is 18.2 Å². The van der Waals surface area contributed by atoms with Crippen LogP contribution in [0.2, 0.25) is 0 Å². The first-order valence-electron chi connectivity index (χ1n) is 6.48. The molecule has 4 N–H and O–H groups in total. The van der Waals surface area contributed by atoms with Gasteiger partial charge in [0.15, 0.2) is 0 Å². The summed E-state index contributed by atoms with van der Waals surface area (Å²) in [6, 6.07) is 15.0. The van der Waals surface area contributed by atoms with E-state index in [0.717, 1.165) is 5.56 Å². The standard InChI is InChI=1S/C16H16N2O3/c17-15(12-6-2-1-3-7-12)16(21)18-13-8-4-5-11(9-13)10-14(19)20/h1-9,15H,10,17H2,(H,18,21)(H,19,20)/t15-/m1/s1. The van der Waals surface area contributed by atoms with E-state index in [1.54, 1.807) is 36.4 Å². The summed E-state index contributed by atoms with van der Waals surface area (Å²) in [4.78, 5) is 22.8. The molecule has 21 heavy (non-hydrogen) atoms. The minimum Gasteiger partial charge on any atom is -0.481 e. The molecular weight excluding hydrogens is 268 g/mol. The molecule has 0 aromatic heterocycles. The highest BCUT2D eigenvalue weighted by Gasteiger charge is 2.15. The van der Waals surface area contributed by atoms with Crippen molar-refractivity contribution in [2.24, 2.45) is 5.73 Å². The number of anilines is 1. The van der Waals surface area contributed by atoms with Gasteiger partial charge >= 0.3 is 5.97 Å². The van der Waals surface area contributed by atoms with Crippen molar-refractivity contribution < 1.29 is 14.7 Å². The molecule has 5 nitrogen and oxygen atoms in total. The van der Waals surface area contributed by atoms with Crippen LogP contribution in [0.4, 0.5) is 5.69 Å². The summed E-state index contributed by atoms with van der Waals surface area (Å²) in [6.45, 7) is 0. The van der Waals surface area contributed by atoms with E-state index in [-0.39, 0.29) is 12.3 Å². The average molecular weight is 284 g/mol. The molecule has 0 aliphatic carbocycles. The van der Waals surface area contributed by atoms with Gasteiger partial charge in [-0.3, -0.25) is 9.59 Å². The van der Waals surface area contributed by atoms with Crippen molar-refractivity contribution in [3.05, 3.63) is 65.7 Å². The van der Waals surface area contributed by atoms with Crippen LogP contribution in [-0.4, -0.2) is 17.0 Å². The zero-order chi connectivity index (χ0) is 15.2. The molecule has 0 radical (unpaired) electrons. The molecule has 0 saturated carbocycles. The Hall–Kier alpha value is -2.66. The van der Waals surface area contributed by atoms with E-state index in [0.29, 0.717) is 11.3 Å². The van der Waals surface area contributed by atoms with E-state index in [2.05, 4.69) is 5.32 Å². The van der Waals surface area contributed by atoms with Crippen LogP contribution in [0.15, 0.2) is 54.6 Å². The monoisotopic (exact) mass is 284 g/mol. The van der Waals surface area contributed by atoms with Crippen LogP contribution in [0, 0.1) is 0 Å². The summed E-state index contributed by atoms with van der Waals surface area (Å²) in [5.74, 6) is -1.26. The number of hydrogen-bond donors (Lipinski definition) is 3. The summed E-state index contributed by atoms with van der Waals surface area (Å²) in [5, 5.41) is 11.5. The third-order valence-corrected chi connectivity index (χ3v) is 2.99. The van der Waals surface area contributed by atoms with Crippen molar-refractivity contribution in [1.82, 2.24) is 0 Å². The molecule has 0 spiro atoms. The molecule has 1 atom stereocenters. The lowest BCUT2D eigenvalue weighted by molar-refractivity contribution is -0.136. The number of carboxylic acid groups (broad SMARTS) is 1. The van der Waals surface area contributed by atoms with Crippen molar-refractivity contribution in [3.8, 4) is 0 Å². The van der Waals surface area contributed by atoms with Crippen molar-refractivity contribution in [1.29, 1.82) is 0 Å². The third kappa shape index (κ3) is 4.15. The Morgan fingerprint density at radius 2 is 1.81 bits per heavy atom. The maximum atomic E-state index is 12.1. The molecule has 5 heteroatoms. The second kappa shape index (κ2) is 6.67. The number of rotatable bonds is 5. The average Bonchev–Trinajstić information content (AvgIpc) is 2.47. The third-order valence-electron chi connectivity index (χ3n) is 2.99. The molecule has 108 valence electrons. The Morgan fingerprint density at radius 1 is 1.10 bits per heavy atom. The van der Waals surface area contributed by atoms with Crippen molar-refractivity contribution in [3.63, 3.8) is 0 Å². The predicted octanol–water partition coefficient (Wildman–Crippen LogP) is 1.95. The van der Waals surface area contributed by atoms with E-state index in [4.69, 9.17) is 10.8 Å². The quantitative estimate of drug-likeness (QED) is 0.782. The van der Waals surface area contributed by atoms with E-state index in [1.165, 1.54) is 0 Å². The van der Waals surface area contributed by atoms with Crippen LogP contribution >= 0.6 is 0 Å². The van der Waals surface area contributed by atoms with E-state index < -0.39 is 12.0 Å². The molecule has 0 unspecified atom stereocenters. The summed E-state index contributed by atoms with van der Waals surface area (Å²) >= 11 is 0. The van der Waals surface area contributed by atoms with E-state index >= 15 is 0 Å². The maximum Gasteiger partial charge on any atom is 0.307 e. The van der Waals surface area contributed by atoms with Crippen LogP contribution in [0.1, 0.15) is 17.2 Å². The molecule has 0 aliphatic heterocycles. The number of aliphatic carboxylic acids is 1. The Labute approximate surface area is 122 Å². The Kier molecular flexibility index (Phi) is 4.68. The summed E-state index contributed by atoms with van der Waals surface area (Å²) in [6.07, 6.45) is -0.0888. The van der Waals surface area contributed by atoms with Gasteiger partial charge in [-0.15, -0.1) is 0 Å². The lowest BCUT2D eigenvalue weighted by Gasteiger charge is -2.13. The topological polar surface area (TPSA) is 92.4 Å². The molecule has 2 aromatic carbocycles. The second-order valence-corrected chi connectivity index (χ2v) is 4.65. The van der Waals surface area contributed by atoms with Crippen LogP contribution in [-0.2, 0) is 16.0 Å². The number of amides is 1. The summed E-state index contributed by atoms with van der Waals surface area (Å²) in [7, 11) is 0. The van der Waals surface area contributed by atoms with Gasteiger partial charge in [0, 0.05) is 5.69 Å². The second-order valence-electron chi connectivity index (χ2n) is 4.65. The first-order chi connectivity index (χ1) is 10.1. The first kappa shape index (κ1) is 14.7. The van der Waals surface area contributed by atoms with Gasteiger partial charge in [-0.25, -0.2) is 0 Å². The largest absolute Gasteiger partial charge is 0.481 e. The molecule has 0 aliphatic rings. The molecule has 0 fully saturated rings. The van der Waals surface area contributed by atoms with Crippen molar-refractivity contribution >= 4 is 17.6 Å². The fraction of sp³-hybridized carbons (Fsp3) is 0.125. The van der Waals surface area contributed by atoms with Gasteiger partial charge in [-0.2, -0.15) is 0 Å². The SMILES string of the molecule is N[C@@H](C(=O)Nc1cccc(CC(=O)O)c1)c1ccccc1. The van der Waals surface area contributed by atoms with Crippen LogP contribution in [0.25, 0.3) is 0 Å². The summed E-state index contributed by atoms with van der Waals surface area (Å²) in [5.41, 5.74) is 7.77. The summed E-state index contributed by atoms with van der Waals surface area (Å²) < 4.78 is 0. The van der Waals surface area contributed by atoms with Gasteiger partial charge < -0.3 is 16.2 Å². The first-order valence-corrected chi connectivity index (χ1v) is 6.48. The minimum absolute atomic E-state index is 0.0888. The Bertz CT molecular complexity index is 641. The van der Waals surface area contributed by atoms with Gasteiger partial charge in [0.2, 0.25) is 5.91 Å².